The highest BCUT2D eigenvalue weighted by Crippen LogP contribution is 2.25. The third-order valence-corrected chi connectivity index (χ3v) is 4.44. The largest absolute Gasteiger partial charge is 0.490 e. The third kappa shape index (κ3) is 3.69. The van der Waals surface area contributed by atoms with Crippen LogP contribution in [0.3, 0.4) is 0 Å². The molecular weight excluding hydrogens is 288 g/mol. The number of likely N-dealkylation sites (N-methyl/N-ethyl adjacent to an activating group) is 1. The SMILES string of the molecule is CCC1(C(=O)N(C)CCOc2ccccc2Cl)CCCN1. The molecule has 1 aliphatic rings. The van der Waals surface area contributed by atoms with Gasteiger partial charge in [-0.15, -0.1) is 0 Å². The second-order valence-corrected chi connectivity index (χ2v) is 5.88. The number of rotatable bonds is 6. The molecule has 1 saturated heterocycles. The lowest BCUT2D eigenvalue weighted by Crippen LogP contribution is -2.54. The molecule has 0 bridgehead atoms. The highest BCUT2D eigenvalue weighted by Gasteiger charge is 2.40. The van der Waals surface area contributed by atoms with Crippen LogP contribution in [0.2, 0.25) is 5.02 Å². The van der Waals surface area contributed by atoms with Crippen LogP contribution in [-0.2, 0) is 4.79 Å². The Hall–Kier alpha value is -1.26. The van der Waals surface area contributed by atoms with E-state index in [9.17, 15) is 4.79 Å². The Bertz CT molecular complexity index is 487. The van der Waals surface area contributed by atoms with Gasteiger partial charge in [-0.3, -0.25) is 4.79 Å². The molecule has 0 aromatic heterocycles. The van der Waals surface area contributed by atoms with Gasteiger partial charge in [0.25, 0.3) is 0 Å². The van der Waals surface area contributed by atoms with Crippen molar-refractivity contribution in [1.29, 1.82) is 0 Å². The molecular formula is C16H23ClN2O2. The van der Waals surface area contributed by atoms with Crippen LogP contribution in [0.5, 0.6) is 5.75 Å². The molecule has 0 radical (unpaired) electrons. The van der Waals surface area contributed by atoms with E-state index in [0.29, 0.717) is 23.9 Å². The number of hydrogen-bond acceptors (Lipinski definition) is 3. The van der Waals surface area contributed by atoms with E-state index in [0.717, 1.165) is 25.8 Å². The van der Waals surface area contributed by atoms with E-state index in [4.69, 9.17) is 16.3 Å². The lowest BCUT2D eigenvalue weighted by atomic mass is 9.92. The first kappa shape index (κ1) is 16.1. The van der Waals surface area contributed by atoms with Crippen LogP contribution in [0.25, 0.3) is 0 Å². The molecule has 1 aromatic rings. The Morgan fingerprint density at radius 3 is 2.86 bits per heavy atom. The molecule has 1 amide bonds. The Morgan fingerprint density at radius 1 is 1.48 bits per heavy atom. The van der Waals surface area contributed by atoms with E-state index in [-0.39, 0.29) is 11.4 Å². The molecule has 1 aliphatic heterocycles. The zero-order chi connectivity index (χ0) is 15.3. The van der Waals surface area contributed by atoms with Crippen molar-refractivity contribution in [1.82, 2.24) is 10.2 Å². The molecule has 1 heterocycles. The minimum atomic E-state index is -0.376. The Balaban J connectivity index is 1.85. The molecule has 2 rings (SSSR count). The summed E-state index contributed by atoms with van der Waals surface area (Å²) in [5.41, 5.74) is -0.376. The summed E-state index contributed by atoms with van der Waals surface area (Å²) in [7, 11) is 1.83. The van der Waals surface area contributed by atoms with Gasteiger partial charge in [0.15, 0.2) is 0 Å². The number of amides is 1. The van der Waals surface area contributed by atoms with Crippen molar-refractivity contribution in [2.75, 3.05) is 26.7 Å². The fourth-order valence-electron chi connectivity index (χ4n) is 2.76. The summed E-state index contributed by atoms with van der Waals surface area (Å²) >= 11 is 6.03. The van der Waals surface area contributed by atoms with Crippen molar-refractivity contribution >= 4 is 17.5 Å². The predicted molar refractivity (Wildman–Crippen MR) is 84.8 cm³/mol. The minimum Gasteiger partial charge on any atom is -0.490 e. The topological polar surface area (TPSA) is 41.6 Å². The molecule has 21 heavy (non-hydrogen) atoms. The maximum absolute atomic E-state index is 12.6. The number of hydrogen-bond donors (Lipinski definition) is 1. The number of nitrogens with zero attached hydrogens (tertiary/aromatic N) is 1. The number of carbonyl (C=O) groups excluding carboxylic acids is 1. The second-order valence-electron chi connectivity index (χ2n) is 5.47. The number of ether oxygens (including phenoxy) is 1. The summed E-state index contributed by atoms with van der Waals surface area (Å²) in [6.07, 6.45) is 2.79. The van der Waals surface area contributed by atoms with Crippen LogP contribution >= 0.6 is 11.6 Å². The first-order chi connectivity index (χ1) is 10.1. The van der Waals surface area contributed by atoms with Gasteiger partial charge < -0.3 is 15.0 Å². The normalized spacial score (nSPS) is 21.3. The number of para-hydroxylation sites is 1. The van der Waals surface area contributed by atoms with Gasteiger partial charge in [0.05, 0.1) is 17.1 Å². The van der Waals surface area contributed by atoms with Crippen molar-refractivity contribution in [3.8, 4) is 5.75 Å². The number of carbonyl (C=O) groups is 1. The molecule has 0 spiro atoms. The lowest BCUT2D eigenvalue weighted by molar-refractivity contribution is -0.137. The summed E-state index contributed by atoms with van der Waals surface area (Å²) in [5, 5.41) is 3.96. The van der Waals surface area contributed by atoms with E-state index in [2.05, 4.69) is 12.2 Å². The van der Waals surface area contributed by atoms with Gasteiger partial charge in [0.1, 0.15) is 12.4 Å². The monoisotopic (exact) mass is 310 g/mol. The van der Waals surface area contributed by atoms with Gasteiger partial charge in [0.2, 0.25) is 5.91 Å². The third-order valence-electron chi connectivity index (χ3n) is 4.12. The summed E-state index contributed by atoms with van der Waals surface area (Å²) < 4.78 is 5.64. The fourth-order valence-corrected chi connectivity index (χ4v) is 2.95. The Labute approximate surface area is 131 Å². The quantitative estimate of drug-likeness (QED) is 0.878. The number of benzene rings is 1. The van der Waals surface area contributed by atoms with Crippen LogP contribution in [0.4, 0.5) is 0 Å². The molecule has 1 fully saturated rings. The van der Waals surface area contributed by atoms with Crippen LogP contribution < -0.4 is 10.1 Å². The molecule has 1 unspecified atom stereocenters. The zero-order valence-electron chi connectivity index (χ0n) is 12.7. The second kappa shape index (κ2) is 7.14. The average Bonchev–Trinajstić information content (AvgIpc) is 2.98. The van der Waals surface area contributed by atoms with Gasteiger partial charge in [0, 0.05) is 7.05 Å². The predicted octanol–water partition coefficient (Wildman–Crippen LogP) is 2.71. The van der Waals surface area contributed by atoms with Crippen molar-refractivity contribution in [3.05, 3.63) is 29.3 Å². The molecule has 1 aromatic carbocycles. The van der Waals surface area contributed by atoms with Crippen LogP contribution in [0.15, 0.2) is 24.3 Å². The summed E-state index contributed by atoms with van der Waals surface area (Å²) in [5.74, 6) is 0.814. The van der Waals surface area contributed by atoms with Crippen LogP contribution in [0, 0.1) is 0 Å². The van der Waals surface area contributed by atoms with E-state index in [1.807, 2.05) is 25.2 Å². The first-order valence-electron chi connectivity index (χ1n) is 7.47. The van der Waals surface area contributed by atoms with E-state index in [1.165, 1.54) is 0 Å². The molecule has 1 atom stereocenters. The first-order valence-corrected chi connectivity index (χ1v) is 7.85. The molecule has 0 aliphatic carbocycles. The standard InChI is InChI=1S/C16H23ClN2O2/c1-3-16(9-6-10-18-16)15(20)19(2)11-12-21-14-8-5-4-7-13(14)17/h4-5,7-8,18H,3,6,9-12H2,1-2H3. The zero-order valence-corrected chi connectivity index (χ0v) is 13.4. The van der Waals surface area contributed by atoms with Crippen LogP contribution in [-0.4, -0.2) is 43.1 Å². The van der Waals surface area contributed by atoms with Crippen molar-refractivity contribution in [3.63, 3.8) is 0 Å². The van der Waals surface area contributed by atoms with E-state index in [1.54, 1.807) is 11.0 Å². The van der Waals surface area contributed by atoms with Crippen molar-refractivity contribution in [2.45, 2.75) is 31.7 Å². The number of halogens is 1. The van der Waals surface area contributed by atoms with Gasteiger partial charge in [-0.1, -0.05) is 30.7 Å². The highest BCUT2D eigenvalue weighted by atomic mass is 35.5. The summed E-state index contributed by atoms with van der Waals surface area (Å²) in [6.45, 7) is 3.97. The van der Waals surface area contributed by atoms with Gasteiger partial charge in [-0.2, -0.15) is 0 Å². The minimum absolute atomic E-state index is 0.158. The van der Waals surface area contributed by atoms with Gasteiger partial charge in [-0.05, 0) is 37.9 Å². The van der Waals surface area contributed by atoms with Gasteiger partial charge >= 0.3 is 0 Å². The Kier molecular flexibility index (Phi) is 5.48. The molecule has 1 N–H and O–H groups in total. The van der Waals surface area contributed by atoms with Crippen molar-refractivity contribution in [2.24, 2.45) is 0 Å². The Morgan fingerprint density at radius 2 is 2.24 bits per heavy atom. The smallest absolute Gasteiger partial charge is 0.242 e. The molecule has 5 heteroatoms. The molecule has 4 nitrogen and oxygen atoms in total. The fraction of sp³-hybridized carbons (Fsp3) is 0.562. The molecule has 116 valence electrons. The number of nitrogens with one attached hydrogen (secondary N) is 1. The van der Waals surface area contributed by atoms with Gasteiger partial charge in [-0.25, -0.2) is 0 Å². The maximum atomic E-state index is 12.6. The van der Waals surface area contributed by atoms with E-state index < -0.39 is 0 Å². The van der Waals surface area contributed by atoms with Crippen molar-refractivity contribution < 1.29 is 9.53 Å². The van der Waals surface area contributed by atoms with E-state index >= 15 is 0 Å². The summed E-state index contributed by atoms with van der Waals surface area (Å²) in [6, 6.07) is 7.36. The highest BCUT2D eigenvalue weighted by molar-refractivity contribution is 6.32. The average molecular weight is 311 g/mol. The van der Waals surface area contributed by atoms with Crippen LogP contribution in [0.1, 0.15) is 26.2 Å². The lowest BCUT2D eigenvalue weighted by Gasteiger charge is -2.31. The molecule has 0 saturated carbocycles. The maximum Gasteiger partial charge on any atom is 0.242 e. The summed E-state index contributed by atoms with van der Waals surface area (Å²) in [4.78, 5) is 14.3.